The predicted molar refractivity (Wildman–Crippen MR) is 114 cm³/mol. The molecule has 0 aliphatic heterocycles. The maximum absolute atomic E-state index is 12.4. The smallest absolute Gasteiger partial charge is 0.378 e. The third-order valence-corrected chi connectivity index (χ3v) is 4.92. The fourth-order valence-electron chi connectivity index (χ4n) is 2.65. The molecular weight excluding hydrogens is 420 g/mol. The molecule has 0 unspecified atom stereocenters. The van der Waals surface area contributed by atoms with Crippen LogP contribution in [0.25, 0.3) is 16.4 Å². The van der Waals surface area contributed by atoms with E-state index in [2.05, 4.69) is 15.4 Å². The van der Waals surface area contributed by atoms with Crippen molar-refractivity contribution in [2.75, 3.05) is 19.8 Å². The molecule has 3 rings (SSSR count). The van der Waals surface area contributed by atoms with Crippen LogP contribution in [-0.4, -0.2) is 52.4 Å². The van der Waals surface area contributed by atoms with Crippen LogP contribution in [0.15, 0.2) is 47.8 Å². The van der Waals surface area contributed by atoms with E-state index in [1.807, 2.05) is 47.8 Å². The number of esters is 2. The number of rotatable bonds is 10. The Bertz CT molecular complexity index is 1020. The van der Waals surface area contributed by atoms with Crippen molar-refractivity contribution >= 4 is 29.2 Å². The molecule has 1 N–H and O–H groups in total. The third kappa shape index (κ3) is 6.22. The maximum Gasteiger partial charge on any atom is 0.378 e. The summed E-state index contributed by atoms with van der Waals surface area (Å²) in [5.74, 6) is -1.21. The molecule has 1 amide bonds. The molecule has 0 radical (unpaired) electrons. The number of carbonyl (C=O) groups is 3. The number of ether oxygens (including phenoxy) is 2. The number of hydrogen-bond acceptors (Lipinski definition) is 8. The van der Waals surface area contributed by atoms with Crippen LogP contribution in [0, 0.1) is 0 Å². The zero-order chi connectivity index (χ0) is 22.1. The van der Waals surface area contributed by atoms with E-state index < -0.39 is 18.5 Å². The topological polar surface area (TPSA) is 112 Å². The molecular formula is C21H22N4O5S. The Morgan fingerprint density at radius 1 is 1.10 bits per heavy atom. The SMILES string of the molecule is CCOC(=O)CCCNC(=O)COC(=O)c1nc(-c2cccs2)n(-c2ccccc2)n1. The van der Waals surface area contributed by atoms with Gasteiger partial charge in [-0.05, 0) is 36.9 Å². The highest BCUT2D eigenvalue weighted by molar-refractivity contribution is 7.13. The Balaban J connectivity index is 1.58. The first-order valence-corrected chi connectivity index (χ1v) is 10.6. The van der Waals surface area contributed by atoms with Gasteiger partial charge in [0.2, 0.25) is 0 Å². The van der Waals surface area contributed by atoms with Crippen LogP contribution in [0.1, 0.15) is 30.4 Å². The van der Waals surface area contributed by atoms with Crippen molar-refractivity contribution in [3.05, 3.63) is 53.7 Å². The number of thiophene rings is 1. The van der Waals surface area contributed by atoms with Gasteiger partial charge >= 0.3 is 11.9 Å². The van der Waals surface area contributed by atoms with Crippen molar-refractivity contribution in [3.63, 3.8) is 0 Å². The summed E-state index contributed by atoms with van der Waals surface area (Å²) in [6.45, 7) is 1.86. The van der Waals surface area contributed by atoms with Crippen LogP contribution in [0.4, 0.5) is 0 Å². The van der Waals surface area contributed by atoms with Gasteiger partial charge in [-0.25, -0.2) is 9.48 Å². The van der Waals surface area contributed by atoms with Gasteiger partial charge in [-0.1, -0.05) is 24.3 Å². The maximum atomic E-state index is 12.4. The van der Waals surface area contributed by atoms with Crippen LogP contribution in [0.3, 0.4) is 0 Å². The fraction of sp³-hybridized carbons (Fsp3) is 0.286. The number of benzene rings is 1. The average Bonchev–Trinajstić information content (AvgIpc) is 3.46. The van der Waals surface area contributed by atoms with Crippen LogP contribution < -0.4 is 5.32 Å². The van der Waals surface area contributed by atoms with E-state index in [9.17, 15) is 14.4 Å². The predicted octanol–water partition coefficient (Wildman–Crippen LogP) is 2.61. The lowest BCUT2D eigenvalue weighted by Crippen LogP contribution is -2.30. The molecule has 0 spiro atoms. The highest BCUT2D eigenvalue weighted by atomic mass is 32.1. The van der Waals surface area contributed by atoms with E-state index in [1.165, 1.54) is 11.3 Å². The number of nitrogens with one attached hydrogen (secondary N) is 1. The van der Waals surface area contributed by atoms with E-state index in [0.717, 1.165) is 10.6 Å². The van der Waals surface area contributed by atoms with Crippen molar-refractivity contribution in [2.45, 2.75) is 19.8 Å². The minimum absolute atomic E-state index is 0.137. The molecule has 2 aromatic heterocycles. The molecule has 2 heterocycles. The standard InChI is InChI=1S/C21H22N4O5S/c1-2-29-18(27)11-6-12-22-17(26)14-30-21(28)19-23-20(16-10-7-13-31-16)25(24-19)15-8-4-3-5-9-15/h3-5,7-10,13H,2,6,11-12,14H2,1H3,(H,22,26). The van der Waals surface area contributed by atoms with Crippen molar-refractivity contribution < 1.29 is 23.9 Å². The first-order valence-electron chi connectivity index (χ1n) is 9.74. The summed E-state index contributed by atoms with van der Waals surface area (Å²) in [6, 6.07) is 13.1. The number of amides is 1. The molecule has 0 aliphatic carbocycles. The van der Waals surface area contributed by atoms with Crippen LogP contribution in [-0.2, 0) is 19.1 Å². The Morgan fingerprint density at radius 3 is 2.61 bits per heavy atom. The molecule has 10 heteroatoms. The van der Waals surface area contributed by atoms with Gasteiger partial charge in [-0.3, -0.25) is 9.59 Å². The number of aromatic nitrogens is 3. The largest absolute Gasteiger partial charge is 0.466 e. The quantitative estimate of drug-likeness (QED) is 0.379. The minimum Gasteiger partial charge on any atom is -0.466 e. The molecule has 0 bridgehead atoms. The van der Waals surface area contributed by atoms with Crippen molar-refractivity contribution in [2.24, 2.45) is 0 Å². The first kappa shape index (κ1) is 22.2. The summed E-state index contributed by atoms with van der Waals surface area (Å²) >= 11 is 1.47. The van der Waals surface area contributed by atoms with Crippen molar-refractivity contribution in [3.8, 4) is 16.4 Å². The number of para-hydroxylation sites is 1. The zero-order valence-corrected chi connectivity index (χ0v) is 17.8. The Labute approximate surface area is 183 Å². The first-order chi connectivity index (χ1) is 15.1. The van der Waals surface area contributed by atoms with Gasteiger partial charge in [0.25, 0.3) is 11.7 Å². The molecule has 9 nitrogen and oxygen atoms in total. The molecule has 0 saturated heterocycles. The molecule has 0 saturated carbocycles. The van der Waals surface area contributed by atoms with E-state index in [-0.39, 0.29) is 24.8 Å². The normalized spacial score (nSPS) is 10.5. The highest BCUT2D eigenvalue weighted by Gasteiger charge is 2.21. The number of nitrogens with zero attached hydrogens (tertiary/aromatic N) is 3. The van der Waals surface area contributed by atoms with Gasteiger partial charge in [0.05, 0.1) is 17.2 Å². The molecule has 3 aromatic rings. The van der Waals surface area contributed by atoms with Gasteiger partial charge in [0.15, 0.2) is 12.4 Å². The van der Waals surface area contributed by atoms with Gasteiger partial charge < -0.3 is 14.8 Å². The summed E-state index contributed by atoms with van der Waals surface area (Å²) in [5, 5.41) is 8.77. The molecule has 0 fully saturated rings. The van der Waals surface area contributed by atoms with E-state index in [4.69, 9.17) is 9.47 Å². The third-order valence-electron chi connectivity index (χ3n) is 4.05. The van der Waals surface area contributed by atoms with Gasteiger partial charge in [0.1, 0.15) is 0 Å². The number of hydrogen-bond donors (Lipinski definition) is 1. The second-order valence-electron chi connectivity index (χ2n) is 6.32. The highest BCUT2D eigenvalue weighted by Crippen LogP contribution is 2.25. The molecule has 1 aromatic carbocycles. The summed E-state index contributed by atoms with van der Waals surface area (Å²) < 4.78 is 11.4. The van der Waals surface area contributed by atoms with Crippen LogP contribution in [0.5, 0.6) is 0 Å². The monoisotopic (exact) mass is 442 g/mol. The fourth-order valence-corrected chi connectivity index (χ4v) is 3.35. The van der Waals surface area contributed by atoms with Crippen LogP contribution >= 0.6 is 11.3 Å². The summed E-state index contributed by atoms with van der Waals surface area (Å²) in [6.07, 6.45) is 0.645. The molecule has 162 valence electrons. The van der Waals surface area contributed by atoms with Gasteiger partial charge in [0, 0.05) is 13.0 Å². The Hall–Kier alpha value is -3.53. The lowest BCUT2D eigenvalue weighted by Gasteiger charge is -2.05. The molecule has 31 heavy (non-hydrogen) atoms. The van der Waals surface area contributed by atoms with E-state index >= 15 is 0 Å². The minimum atomic E-state index is -0.797. The van der Waals surface area contributed by atoms with E-state index in [1.54, 1.807) is 11.6 Å². The number of carbonyl (C=O) groups excluding carboxylic acids is 3. The molecule has 0 atom stereocenters. The summed E-state index contributed by atoms with van der Waals surface area (Å²) in [5.41, 5.74) is 0.747. The Kier molecular flexibility index (Phi) is 7.88. The lowest BCUT2D eigenvalue weighted by atomic mass is 10.3. The lowest BCUT2D eigenvalue weighted by molar-refractivity contribution is -0.143. The second kappa shape index (κ2) is 11.0. The van der Waals surface area contributed by atoms with Crippen molar-refractivity contribution in [1.29, 1.82) is 0 Å². The average molecular weight is 442 g/mol. The molecule has 0 aliphatic rings. The van der Waals surface area contributed by atoms with Crippen molar-refractivity contribution in [1.82, 2.24) is 20.1 Å². The summed E-state index contributed by atoms with van der Waals surface area (Å²) in [4.78, 5) is 40.7. The Morgan fingerprint density at radius 2 is 1.90 bits per heavy atom. The van der Waals surface area contributed by atoms with Crippen LogP contribution in [0.2, 0.25) is 0 Å². The second-order valence-corrected chi connectivity index (χ2v) is 7.27. The van der Waals surface area contributed by atoms with Gasteiger partial charge in [-0.15, -0.1) is 16.4 Å². The van der Waals surface area contributed by atoms with Gasteiger partial charge in [-0.2, -0.15) is 4.98 Å². The van der Waals surface area contributed by atoms with E-state index in [0.29, 0.717) is 18.9 Å². The zero-order valence-electron chi connectivity index (χ0n) is 16.9. The summed E-state index contributed by atoms with van der Waals surface area (Å²) in [7, 11) is 0.